The van der Waals surface area contributed by atoms with Crippen LogP contribution in [-0.4, -0.2) is 31.8 Å². The third-order valence-electron chi connectivity index (χ3n) is 1.99. The van der Waals surface area contributed by atoms with Crippen molar-refractivity contribution in [2.75, 3.05) is 20.1 Å². The predicted molar refractivity (Wildman–Crippen MR) is 60.2 cm³/mol. The standard InChI is InChI=1S/C9H14N2.C2H6/c1-4-8-5-6-11(3)7-9(8)10-2;1-2/h4H,1-2,5-7H2,3H3;1-2H3. The second-order valence-electron chi connectivity index (χ2n) is 2.82. The largest absolute Gasteiger partial charge is 0.300 e. The van der Waals surface area contributed by atoms with Crippen molar-refractivity contribution in [3.05, 3.63) is 23.9 Å². The normalized spacial score (nSPS) is 17.5. The Morgan fingerprint density at radius 3 is 2.54 bits per heavy atom. The van der Waals surface area contributed by atoms with Crippen LogP contribution in [0.3, 0.4) is 0 Å². The highest BCUT2D eigenvalue weighted by Crippen LogP contribution is 2.17. The molecule has 0 radical (unpaired) electrons. The molecule has 0 amide bonds. The first-order valence-electron chi connectivity index (χ1n) is 4.77. The Morgan fingerprint density at radius 1 is 1.46 bits per heavy atom. The minimum absolute atomic E-state index is 0.908. The van der Waals surface area contributed by atoms with E-state index in [1.807, 2.05) is 19.9 Å². The number of hydrogen-bond donors (Lipinski definition) is 0. The van der Waals surface area contributed by atoms with Crippen molar-refractivity contribution in [3.8, 4) is 0 Å². The Hall–Kier alpha value is -0.890. The third kappa shape index (κ3) is 3.55. The van der Waals surface area contributed by atoms with Gasteiger partial charge in [-0.05, 0) is 25.8 Å². The van der Waals surface area contributed by atoms with E-state index in [4.69, 9.17) is 0 Å². The maximum atomic E-state index is 3.97. The Kier molecular flexibility index (Phi) is 6.15. The first-order valence-corrected chi connectivity index (χ1v) is 4.77. The van der Waals surface area contributed by atoms with Crippen LogP contribution in [0.5, 0.6) is 0 Å². The summed E-state index contributed by atoms with van der Waals surface area (Å²) in [6.45, 7) is 13.3. The van der Waals surface area contributed by atoms with E-state index in [1.165, 1.54) is 5.57 Å². The third-order valence-corrected chi connectivity index (χ3v) is 1.99. The fourth-order valence-electron chi connectivity index (χ4n) is 1.26. The summed E-state index contributed by atoms with van der Waals surface area (Å²) in [5, 5.41) is 0. The lowest BCUT2D eigenvalue weighted by Crippen LogP contribution is -2.26. The second-order valence-corrected chi connectivity index (χ2v) is 2.82. The van der Waals surface area contributed by atoms with Gasteiger partial charge in [-0.25, -0.2) is 0 Å². The number of aliphatic imine (C=N–C) groups is 1. The van der Waals surface area contributed by atoms with E-state index in [0.717, 1.165) is 25.2 Å². The molecule has 2 nitrogen and oxygen atoms in total. The van der Waals surface area contributed by atoms with Crippen molar-refractivity contribution in [3.63, 3.8) is 0 Å². The molecule has 13 heavy (non-hydrogen) atoms. The van der Waals surface area contributed by atoms with Crippen LogP contribution in [-0.2, 0) is 0 Å². The smallest absolute Gasteiger partial charge is 0.0568 e. The van der Waals surface area contributed by atoms with Crippen molar-refractivity contribution < 1.29 is 0 Å². The second kappa shape index (κ2) is 6.61. The quantitative estimate of drug-likeness (QED) is 0.596. The maximum Gasteiger partial charge on any atom is 0.0568 e. The lowest BCUT2D eigenvalue weighted by molar-refractivity contribution is 0.349. The van der Waals surface area contributed by atoms with Gasteiger partial charge in [-0.15, -0.1) is 0 Å². The molecule has 0 atom stereocenters. The average molecular weight is 180 g/mol. The van der Waals surface area contributed by atoms with Crippen LogP contribution in [0.25, 0.3) is 0 Å². The van der Waals surface area contributed by atoms with E-state index in [9.17, 15) is 0 Å². The molecular weight excluding hydrogens is 160 g/mol. The highest BCUT2D eigenvalue weighted by atomic mass is 15.1. The monoisotopic (exact) mass is 180 g/mol. The minimum Gasteiger partial charge on any atom is -0.300 e. The molecule has 0 fully saturated rings. The summed E-state index contributed by atoms with van der Waals surface area (Å²) in [6.07, 6.45) is 2.94. The Morgan fingerprint density at radius 2 is 2.08 bits per heavy atom. The SMILES string of the molecule is C=CC1=C(N=C)CN(C)CC1.CC. The Bertz CT molecular complexity index is 204. The number of rotatable bonds is 2. The molecule has 0 aromatic carbocycles. The Balaban J connectivity index is 0.000000671. The zero-order valence-electron chi connectivity index (χ0n) is 9.01. The van der Waals surface area contributed by atoms with Crippen molar-refractivity contribution in [1.29, 1.82) is 0 Å². The summed E-state index contributed by atoms with van der Waals surface area (Å²) < 4.78 is 0. The molecule has 1 aliphatic heterocycles. The van der Waals surface area contributed by atoms with Gasteiger partial charge in [0.15, 0.2) is 0 Å². The summed E-state index contributed by atoms with van der Waals surface area (Å²) in [7, 11) is 2.09. The molecular formula is C11H20N2. The molecule has 0 saturated heterocycles. The van der Waals surface area contributed by atoms with E-state index in [1.54, 1.807) is 0 Å². The van der Waals surface area contributed by atoms with Crippen LogP contribution in [0.15, 0.2) is 28.9 Å². The van der Waals surface area contributed by atoms with E-state index in [2.05, 4.69) is 30.2 Å². The molecule has 0 saturated carbocycles. The molecule has 0 unspecified atom stereocenters. The van der Waals surface area contributed by atoms with Crippen LogP contribution < -0.4 is 0 Å². The fraction of sp³-hybridized carbons (Fsp3) is 0.545. The van der Waals surface area contributed by atoms with Crippen LogP contribution in [0, 0.1) is 0 Å². The van der Waals surface area contributed by atoms with E-state index < -0.39 is 0 Å². The maximum absolute atomic E-state index is 3.97. The highest BCUT2D eigenvalue weighted by Gasteiger charge is 2.12. The van der Waals surface area contributed by atoms with Crippen molar-refractivity contribution in [2.45, 2.75) is 20.3 Å². The van der Waals surface area contributed by atoms with E-state index in [-0.39, 0.29) is 0 Å². The summed E-state index contributed by atoms with van der Waals surface area (Å²) >= 11 is 0. The predicted octanol–water partition coefficient (Wildman–Crippen LogP) is 2.49. The molecule has 1 rings (SSSR count). The van der Waals surface area contributed by atoms with Crippen molar-refractivity contribution in [1.82, 2.24) is 4.90 Å². The van der Waals surface area contributed by atoms with Crippen LogP contribution >= 0.6 is 0 Å². The number of allylic oxidation sites excluding steroid dienone is 1. The summed E-state index contributed by atoms with van der Waals surface area (Å²) in [5.41, 5.74) is 2.33. The lowest BCUT2D eigenvalue weighted by atomic mass is 10.1. The van der Waals surface area contributed by atoms with Crippen molar-refractivity contribution >= 4 is 6.72 Å². The minimum atomic E-state index is 0.908. The average Bonchev–Trinajstić information content (AvgIpc) is 2.20. The lowest BCUT2D eigenvalue weighted by Gasteiger charge is -2.23. The molecule has 0 spiro atoms. The van der Waals surface area contributed by atoms with Gasteiger partial charge in [0.25, 0.3) is 0 Å². The fourth-order valence-corrected chi connectivity index (χ4v) is 1.26. The van der Waals surface area contributed by atoms with Crippen LogP contribution in [0.2, 0.25) is 0 Å². The van der Waals surface area contributed by atoms with Crippen molar-refractivity contribution in [2.24, 2.45) is 4.99 Å². The zero-order chi connectivity index (χ0) is 10.3. The van der Waals surface area contributed by atoms with Gasteiger partial charge in [-0.2, -0.15) is 0 Å². The van der Waals surface area contributed by atoms with Gasteiger partial charge in [-0.3, -0.25) is 4.99 Å². The van der Waals surface area contributed by atoms with Gasteiger partial charge in [-0.1, -0.05) is 26.5 Å². The first kappa shape index (κ1) is 12.1. The van der Waals surface area contributed by atoms with Crippen LogP contribution in [0.4, 0.5) is 0 Å². The molecule has 74 valence electrons. The Labute approximate surface area is 81.7 Å². The van der Waals surface area contributed by atoms with Gasteiger partial charge in [0.05, 0.1) is 5.70 Å². The summed E-state index contributed by atoms with van der Waals surface area (Å²) in [5.74, 6) is 0. The van der Waals surface area contributed by atoms with Crippen LogP contribution in [0.1, 0.15) is 20.3 Å². The van der Waals surface area contributed by atoms with Gasteiger partial charge in [0.1, 0.15) is 0 Å². The molecule has 0 N–H and O–H groups in total. The molecule has 1 aliphatic rings. The van der Waals surface area contributed by atoms with E-state index in [0.29, 0.717) is 0 Å². The summed E-state index contributed by atoms with van der Waals surface area (Å²) in [4.78, 5) is 6.20. The number of nitrogens with zero attached hydrogens (tertiary/aromatic N) is 2. The molecule has 0 aliphatic carbocycles. The topological polar surface area (TPSA) is 15.6 Å². The molecule has 0 aromatic heterocycles. The number of likely N-dealkylation sites (N-methyl/N-ethyl adjacent to an activating group) is 1. The first-order chi connectivity index (χ1) is 6.27. The molecule has 2 heteroatoms. The van der Waals surface area contributed by atoms with Gasteiger partial charge in [0.2, 0.25) is 0 Å². The molecule has 0 aromatic rings. The van der Waals surface area contributed by atoms with Gasteiger partial charge in [0, 0.05) is 13.1 Å². The summed E-state index contributed by atoms with van der Waals surface area (Å²) in [6, 6.07) is 0. The molecule has 0 bridgehead atoms. The zero-order valence-corrected chi connectivity index (χ0v) is 9.01. The number of hydrogen-bond acceptors (Lipinski definition) is 2. The molecule has 1 heterocycles. The van der Waals surface area contributed by atoms with Gasteiger partial charge >= 0.3 is 0 Å². The van der Waals surface area contributed by atoms with E-state index >= 15 is 0 Å². The van der Waals surface area contributed by atoms with Gasteiger partial charge < -0.3 is 4.90 Å². The highest BCUT2D eigenvalue weighted by molar-refractivity contribution is 5.35.